The van der Waals surface area contributed by atoms with Crippen LogP contribution in [0, 0.1) is 0 Å². The van der Waals surface area contributed by atoms with E-state index < -0.39 is 54.1 Å². The first-order chi connectivity index (χ1) is 15.0. The van der Waals surface area contributed by atoms with E-state index in [0.29, 0.717) is 12.2 Å². The lowest BCUT2D eigenvalue weighted by atomic mass is 10.1. The molecule has 14 nitrogen and oxygen atoms in total. The lowest BCUT2D eigenvalue weighted by molar-refractivity contribution is -0.143. The maximum Gasteiger partial charge on any atom is 0.326 e. The lowest BCUT2D eigenvalue weighted by Crippen LogP contribution is -2.56. The van der Waals surface area contributed by atoms with E-state index in [-0.39, 0.29) is 31.9 Å². The Morgan fingerprint density at radius 3 is 1.97 bits per heavy atom. The molecular formula is C17H32N8O6S. The second-order valence-corrected chi connectivity index (χ2v) is 7.67. The fourth-order valence-electron chi connectivity index (χ4n) is 2.48. The Bertz CT molecular complexity index is 701. The smallest absolute Gasteiger partial charge is 0.326 e. The first kappa shape index (κ1) is 28.9. The number of amides is 4. The topological polar surface area (TPSA) is 258 Å². The van der Waals surface area contributed by atoms with Gasteiger partial charge in [-0.05, 0) is 31.3 Å². The zero-order valence-corrected chi connectivity index (χ0v) is 18.7. The van der Waals surface area contributed by atoms with E-state index in [2.05, 4.69) is 20.9 Å². The predicted molar refractivity (Wildman–Crippen MR) is 119 cm³/mol. The van der Waals surface area contributed by atoms with Crippen molar-refractivity contribution in [1.29, 1.82) is 0 Å². The number of guanidine groups is 1. The van der Waals surface area contributed by atoms with Crippen molar-refractivity contribution in [2.24, 2.45) is 27.9 Å². The molecule has 0 aromatic carbocycles. The summed E-state index contributed by atoms with van der Waals surface area (Å²) in [7, 11) is 0. The second kappa shape index (κ2) is 15.7. The standard InChI is InChI=1S/C17H32N8O6S/c1-32-6-4-10(15(29)25-11(16(30)31)7-12(19)26)24-14(28)9(23-13(27)8-18)3-2-5-22-17(20)21/h9-11H,2-8,18H2,1H3,(H2,19,26)(H,23,27)(H,24,28)(H,25,29)(H,30,31)(H4,20,21,22). The Morgan fingerprint density at radius 2 is 1.50 bits per heavy atom. The van der Waals surface area contributed by atoms with Crippen molar-refractivity contribution in [2.75, 3.05) is 25.1 Å². The molecule has 0 saturated carbocycles. The van der Waals surface area contributed by atoms with Crippen LogP contribution in [0.5, 0.6) is 0 Å². The van der Waals surface area contributed by atoms with Crippen molar-refractivity contribution < 1.29 is 29.1 Å². The first-order valence-electron chi connectivity index (χ1n) is 9.67. The molecule has 3 atom stereocenters. The van der Waals surface area contributed by atoms with Gasteiger partial charge in [0.05, 0.1) is 13.0 Å². The number of nitrogens with zero attached hydrogens (tertiary/aromatic N) is 1. The summed E-state index contributed by atoms with van der Waals surface area (Å²) in [6, 6.07) is -3.67. The number of carboxylic acid groups (broad SMARTS) is 1. The van der Waals surface area contributed by atoms with Gasteiger partial charge in [0.2, 0.25) is 23.6 Å². The van der Waals surface area contributed by atoms with Crippen molar-refractivity contribution in [3.8, 4) is 0 Å². The highest BCUT2D eigenvalue weighted by Gasteiger charge is 2.29. The number of carbonyl (C=O) groups is 5. The summed E-state index contributed by atoms with van der Waals surface area (Å²) in [6.07, 6.45) is 1.86. The largest absolute Gasteiger partial charge is 0.480 e. The van der Waals surface area contributed by atoms with Crippen LogP contribution in [0.4, 0.5) is 0 Å². The maximum absolute atomic E-state index is 12.8. The van der Waals surface area contributed by atoms with Crippen LogP contribution in [-0.2, 0) is 24.0 Å². The molecule has 0 radical (unpaired) electrons. The molecule has 0 aliphatic carbocycles. The molecule has 4 amide bonds. The number of carbonyl (C=O) groups excluding carboxylic acids is 4. The number of hydrogen-bond acceptors (Lipinski definition) is 8. The number of carboxylic acids is 1. The third-order valence-electron chi connectivity index (χ3n) is 4.05. The maximum atomic E-state index is 12.8. The Hall–Kier alpha value is -3.07. The lowest BCUT2D eigenvalue weighted by Gasteiger charge is -2.24. The number of thioether (sulfide) groups is 1. The number of nitrogens with two attached hydrogens (primary N) is 4. The summed E-state index contributed by atoms with van der Waals surface area (Å²) < 4.78 is 0. The average Bonchev–Trinajstić information content (AvgIpc) is 2.71. The van der Waals surface area contributed by atoms with Crippen molar-refractivity contribution in [2.45, 2.75) is 43.8 Å². The van der Waals surface area contributed by atoms with Crippen molar-refractivity contribution >= 4 is 47.3 Å². The Kier molecular flexibility index (Phi) is 14.2. The Labute approximate surface area is 189 Å². The van der Waals surface area contributed by atoms with Crippen LogP contribution in [0.3, 0.4) is 0 Å². The summed E-state index contributed by atoms with van der Waals surface area (Å²) in [5.74, 6) is -4.05. The molecule has 0 aromatic heterocycles. The molecule has 32 heavy (non-hydrogen) atoms. The Morgan fingerprint density at radius 1 is 0.938 bits per heavy atom. The van der Waals surface area contributed by atoms with Gasteiger partial charge in [-0.15, -0.1) is 0 Å². The van der Waals surface area contributed by atoms with Crippen LogP contribution < -0.4 is 38.9 Å². The molecule has 182 valence electrons. The van der Waals surface area contributed by atoms with E-state index in [1.165, 1.54) is 11.8 Å². The monoisotopic (exact) mass is 476 g/mol. The minimum absolute atomic E-state index is 0.116. The van der Waals surface area contributed by atoms with Gasteiger partial charge in [-0.3, -0.25) is 24.2 Å². The number of nitrogens with one attached hydrogen (secondary N) is 3. The summed E-state index contributed by atoms with van der Waals surface area (Å²) in [5.41, 5.74) is 20.8. The predicted octanol–water partition coefficient (Wildman–Crippen LogP) is -3.83. The third-order valence-corrected chi connectivity index (χ3v) is 4.69. The molecule has 0 rings (SSSR count). The minimum atomic E-state index is -1.54. The quantitative estimate of drug-likeness (QED) is 0.0611. The molecule has 12 N–H and O–H groups in total. The zero-order valence-electron chi connectivity index (χ0n) is 17.8. The van der Waals surface area contributed by atoms with Crippen molar-refractivity contribution in [3.63, 3.8) is 0 Å². The van der Waals surface area contributed by atoms with E-state index >= 15 is 0 Å². The van der Waals surface area contributed by atoms with Gasteiger partial charge in [0.15, 0.2) is 5.96 Å². The molecule has 0 aliphatic rings. The van der Waals surface area contributed by atoms with E-state index in [1.807, 2.05) is 0 Å². The summed E-state index contributed by atoms with van der Waals surface area (Å²) in [5, 5.41) is 16.4. The van der Waals surface area contributed by atoms with Crippen LogP contribution >= 0.6 is 11.8 Å². The molecule has 0 fully saturated rings. The summed E-state index contributed by atoms with van der Waals surface area (Å²) in [4.78, 5) is 63.2. The van der Waals surface area contributed by atoms with Crippen molar-refractivity contribution in [3.05, 3.63) is 0 Å². The van der Waals surface area contributed by atoms with E-state index in [9.17, 15) is 29.1 Å². The Balaban J connectivity index is 5.35. The normalized spacial score (nSPS) is 13.2. The van der Waals surface area contributed by atoms with Crippen LogP contribution in [0.15, 0.2) is 4.99 Å². The molecule has 0 saturated heterocycles. The molecular weight excluding hydrogens is 444 g/mol. The van der Waals surface area contributed by atoms with Gasteiger partial charge in [-0.2, -0.15) is 11.8 Å². The fourth-order valence-corrected chi connectivity index (χ4v) is 2.95. The molecule has 0 aromatic rings. The molecule has 15 heteroatoms. The molecule has 0 bridgehead atoms. The van der Waals surface area contributed by atoms with E-state index in [1.54, 1.807) is 6.26 Å². The summed E-state index contributed by atoms with van der Waals surface area (Å²) >= 11 is 1.41. The van der Waals surface area contributed by atoms with Gasteiger partial charge in [0, 0.05) is 6.54 Å². The highest BCUT2D eigenvalue weighted by atomic mass is 32.2. The first-order valence-corrected chi connectivity index (χ1v) is 11.1. The van der Waals surface area contributed by atoms with Gasteiger partial charge in [-0.25, -0.2) is 4.79 Å². The molecule has 0 heterocycles. The van der Waals surface area contributed by atoms with Gasteiger partial charge < -0.3 is 44.0 Å². The van der Waals surface area contributed by atoms with Crippen LogP contribution in [0.1, 0.15) is 25.7 Å². The number of primary amides is 1. The van der Waals surface area contributed by atoms with Crippen LogP contribution in [0.2, 0.25) is 0 Å². The second-order valence-electron chi connectivity index (χ2n) is 6.69. The van der Waals surface area contributed by atoms with Crippen molar-refractivity contribution in [1.82, 2.24) is 16.0 Å². The molecule has 0 aliphatic heterocycles. The highest BCUT2D eigenvalue weighted by Crippen LogP contribution is 2.05. The number of aliphatic imine (C=N–C) groups is 1. The number of hydrogen-bond donors (Lipinski definition) is 8. The fraction of sp³-hybridized carbons (Fsp3) is 0.647. The van der Waals surface area contributed by atoms with Gasteiger partial charge in [-0.1, -0.05) is 0 Å². The van der Waals surface area contributed by atoms with E-state index in [0.717, 1.165) is 0 Å². The highest BCUT2D eigenvalue weighted by molar-refractivity contribution is 7.98. The third kappa shape index (κ3) is 12.6. The van der Waals surface area contributed by atoms with E-state index in [4.69, 9.17) is 22.9 Å². The molecule has 0 spiro atoms. The van der Waals surface area contributed by atoms with Gasteiger partial charge in [0.1, 0.15) is 18.1 Å². The van der Waals surface area contributed by atoms with Crippen LogP contribution in [-0.4, -0.2) is 83.9 Å². The number of aliphatic carboxylic acids is 1. The minimum Gasteiger partial charge on any atom is -0.480 e. The zero-order chi connectivity index (χ0) is 24.7. The number of rotatable bonds is 16. The van der Waals surface area contributed by atoms with Gasteiger partial charge in [0.25, 0.3) is 0 Å². The van der Waals surface area contributed by atoms with Crippen LogP contribution in [0.25, 0.3) is 0 Å². The SMILES string of the molecule is CSCCC(NC(=O)C(CCCN=C(N)N)NC(=O)CN)C(=O)NC(CC(N)=O)C(=O)O. The summed E-state index contributed by atoms with van der Waals surface area (Å²) in [6.45, 7) is -0.129. The molecule has 3 unspecified atom stereocenters. The average molecular weight is 477 g/mol. The van der Waals surface area contributed by atoms with Gasteiger partial charge >= 0.3 is 5.97 Å².